The average molecular weight is 232 g/mol. The largest absolute Gasteiger partial charge is 0.366 e. The Kier molecular flexibility index (Phi) is 3.31. The molecular formula is C13H20N4. The van der Waals surface area contributed by atoms with Crippen LogP contribution >= 0.6 is 0 Å². The van der Waals surface area contributed by atoms with Gasteiger partial charge in [0.25, 0.3) is 0 Å². The Hall–Kier alpha value is -1.58. The Labute approximate surface area is 102 Å². The molecule has 1 atom stereocenters. The molecule has 1 aliphatic heterocycles. The highest BCUT2D eigenvalue weighted by molar-refractivity contribution is 5.74. The smallest absolute Gasteiger partial charge is 0.156 e. The topological polar surface area (TPSA) is 53.6 Å². The Bertz CT molecular complexity index is 515. The molecule has 0 amide bonds. The van der Waals surface area contributed by atoms with E-state index >= 15 is 0 Å². The second-order valence-electron chi connectivity index (χ2n) is 4.29. The Balaban J connectivity index is 0.000000514. The van der Waals surface area contributed by atoms with Crippen molar-refractivity contribution >= 4 is 17.0 Å². The van der Waals surface area contributed by atoms with Crippen molar-refractivity contribution in [3.05, 3.63) is 17.5 Å². The van der Waals surface area contributed by atoms with Crippen molar-refractivity contribution in [2.75, 3.05) is 5.32 Å². The quantitative estimate of drug-likeness (QED) is 0.734. The normalized spacial score (nSPS) is 18.0. The van der Waals surface area contributed by atoms with Gasteiger partial charge in [0, 0.05) is 11.7 Å². The highest BCUT2D eigenvalue weighted by atomic mass is 15.1. The van der Waals surface area contributed by atoms with Gasteiger partial charge in [-0.15, -0.1) is 0 Å². The van der Waals surface area contributed by atoms with Gasteiger partial charge in [-0.1, -0.05) is 13.8 Å². The van der Waals surface area contributed by atoms with Crippen molar-refractivity contribution in [1.82, 2.24) is 15.0 Å². The van der Waals surface area contributed by atoms with Crippen LogP contribution in [0.2, 0.25) is 0 Å². The van der Waals surface area contributed by atoms with Crippen LogP contribution in [0.5, 0.6) is 0 Å². The van der Waals surface area contributed by atoms with Crippen LogP contribution in [0.1, 0.15) is 38.6 Å². The summed E-state index contributed by atoms with van der Waals surface area (Å²) in [6, 6.07) is 2.54. The second-order valence-corrected chi connectivity index (χ2v) is 4.29. The molecule has 2 N–H and O–H groups in total. The van der Waals surface area contributed by atoms with Gasteiger partial charge in [0.05, 0.1) is 5.69 Å². The second kappa shape index (κ2) is 4.73. The van der Waals surface area contributed by atoms with E-state index in [1.54, 1.807) is 0 Å². The van der Waals surface area contributed by atoms with E-state index in [1.807, 2.05) is 26.8 Å². The molecule has 17 heavy (non-hydrogen) atoms. The molecule has 4 heteroatoms. The van der Waals surface area contributed by atoms with E-state index in [0.29, 0.717) is 6.04 Å². The van der Waals surface area contributed by atoms with Gasteiger partial charge in [-0.05, 0) is 32.8 Å². The first kappa shape index (κ1) is 11.9. The number of aromatic amines is 1. The van der Waals surface area contributed by atoms with E-state index < -0.39 is 0 Å². The molecule has 0 saturated carbocycles. The molecule has 0 fully saturated rings. The van der Waals surface area contributed by atoms with Gasteiger partial charge in [-0.2, -0.15) is 0 Å². The van der Waals surface area contributed by atoms with Crippen molar-refractivity contribution in [3.63, 3.8) is 0 Å². The number of fused-ring (bicyclic) bond motifs is 2. The number of anilines is 1. The van der Waals surface area contributed by atoms with Gasteiger partial charge >= 0.3 is 0 Å². The average Bonchev–Trinajstić information content (AvgIpc) is 2.68. The van der Waals surface area contributed by atoms with Gasteiger partial charge in [-0.25, -0.2) is 9.97 Å². The molecule has 0 saturated heterocycles. The zero-order valence-corrected chi connectivity index (χ0v) is 11.0. The lowest BCUT2D eigenvalue weighted by Crippen LogP contribution is -2.23. The lowest BCUT2D eigenvalue weighted by molar-refractivity contribution is 0.663. The summed E-state index contributed by atoms with van der Waals surface area (Å²) in [5, 5.41) is 3.37. The predicted molar refractivity (Wildman–Crippen MR) is 71.4 cm³/mol. The molecule has 0 aromatic carbocycles. The summed E-state index contributed by atoms with van der Waals surface area (Å²) in [6.45, 7) is 8.20. The van der Waals surface area contributed by atoms with Crippen LogP contribution in [-0.2, 0) is 6.42 Å². The van der Waals surface area contributed by atoms with Crippen molar-refractivity contribution < 1.29 is 0 Å². The summed E-state index contributed by atoms with van der Waals surface area (Å²) in [7, 11) is 0. The van der Waals surface area contributed by atoms with Crippen molar-refractivity contribution in [2.45, 2.75) is 46.6 Å². The molecule has 3 heterocycles. The van der Waals surface area contributed by atoms with Crippen LogP contribution in [0, 0.1) is 6.92 Å². The SMILES string of the molecule is CC.Cc1cc2nc3c(nc2[nH]1)CCC(C)N3. The van der Waals surface area contributed by atoms with E-state index in [9.17, 15) is 0 Å². The summed E-state index contributed by atoms with van der Waals surface area (Å²) < 4.78 is 0. The van der Waals surface area contributed by atoms with Crippen molar-refractivity contribution in [3.8, 4) is 0 Å². The van der Waals surface area contributed by atoms with E-state index in [4.69, 9.17) is 0 Å². The maximum Gasteiger partial charge on any atom is 0.156 e. The zero-order chi connectivity index (χ0) is 12.4. The van der Waals surface area contributed by atoms with Crippen molar-refractivity contribution in [1.29, 1.82) is 0 Å². The maximum atomic E-state index is 4.59. The van der Waals surface area contributed by atoms with Crippen LogP contribution in [0.3, 0.4) is 0 Å². The first-order chi connectivity index (χ1) is 8.22. The number of hydrogen-bond acceptors (Lipinski definition) is 3. The van der Waals surface area contributed by atoms with E-state index in [0.717, 1.165) is 41.2 Å². The molecule has 0 radical (unpaired) electrons. The molecule has 0 spiro atoms. The summed E-state index contributed by atoms with van der Waals surface area (Å²) >= 11 is 0. The van der Waals surface area contributed by atoms with Crippen LogP contribution in [0.25, 0.3) is 11.2 Å². The molecule has 2 aromatic rings. The fourth-order valence-electron chi connectivity index (χ4n) is 2.05. The maximum absolute atomic E-state index is 4.59. The molecule has 3 rings (SSSR count). The van der Waals surface area contributed by atoms with Gasteiger partial charge < -0.3 is 10.3 Å². The fraction of sp³-hybridized carbons (Fsp3) is 0.538. The van der Waals surface area contributed by atoms with Gasteiger partial charge in [0.2, 0.25) is 0 Å². The Morgan fingerprint density at radius 1 is 1.29 bits per heavy atom. The molecule has 0 bridgehead atoms. The molecular weight excluding hydrogens is 212 g/mol. The number of rotatable bonds is 0. The van der Waals surface area contributed by atoms with E-state index in [2.05, 4.69) is 27.2 Å². The first-order valence-corrected chi connectivity index (χ1v) is 6.35. The summed E-state index contributed by atoms with van der Waals surface area (Å²) in [5.41, 5.74) is 4.05. The van der Waals surface area contributed by atoms with E-state index in [1.165, 1.54) is 0 Å². The van der Waals surface area contributed by atoms with Gasteiger partial charge in [0.1, 0.15) is 11.3 Å². The molecule has 1 unspecified atom stereocenters. The third-order valence-corrected chi connectivity index (χ3v) is 2.86. The minimum atomic E-state index is 0.504. The number of aryl methyl sites for hydroxylation is 2. The summed E-state index contributed by atoms with van der Waals surface area (Å²) in [4.78, 5) is 12.4. The van der Waals surface area contributed by atoms with Crippen molar-refractivity contribution in [2.24, 2.45) is 0 Å². The highest BCUT2D eigenvalue weighted by Crippen LogP contribution is 2.23. The standard InChI is InChI=1S/C11H14N4.C2H6/c1-6-3-4-8-10(12-6)15-9-5-7(2)13-11(9)14-8;1-2/h5-6H,3-4H2,1-2H3,(H,12,15)(H,13,14);1-2H3. The third-order valence-electron chi connectivity index (χ3n) is 2.86. The lowest BCUT2D eigenvalue weighted by Gasteiger charge is -2.21. The minimum Gasteiger partial charge on any atom is -0.366 e. The van der Waals surface area contributed by atoms with Crippen LogP contribution in [0.15, 0.2) is 6.07 Å². The number of aromatic nitrogens is 3. The van der Waals surface area contributed by atoms with E-state index in [-0.39, 0.29) is 0 Å². The molecule has 1 aliphatic rings. The third kappa shape index (κ3) is 2.25. The summed E-state index contributed by atoms with van der Waals surface area (Å²) in [6.07, 6.45) is 2.15. The van der Waals surface area contributed by atoms with Gasteiger partial charge in [0.15, 0.2) is 5.65 Å². The first-order valence-electron chi connectivity index (χ1n) is 6.35. The molecule has 4 nitrogen and oxygen atoms in total. The predicted octanol–water partition coefficient (Wildman–Crippen LogP) is 3.04. The van der Waals surface area contributed by atoms with Gasteiger partial charge in [-0.3, -0.25) is 0 Å². The zero-order valence-electron chi connectivity index (χ0n) is 11.0. The highest BCUT2D eigenvalue weighted by Gasteiger charge is 2.17. The lowest BCUT2D eigenvalue weighted by atomic mass is 10.1. The number of nitrogens with zero attached hydrogens (tertiary/aromatic N) is 2. The Morgan fingerprint density at radius 3 is 2.82 bits per heavy atom. The molecule has 92 valence electrons. The molecule has 0 aliphatic carbocycles. The summed E-state index contributed by atoms with van der Waals surface area (Å²) in [5.74, 6) is 0.959. The van der Waals surface area contributed by atoms with Crippen LogP contribution in [0.4, 0.5) is 5.82 Å². The molecule has 2 aromatic heterocycles. The fourth-order valence-corrected chi connectivity index (χ4v) is 2.05. The number of H-pyrrole nitrogens is 1. The van der Waals surface area contributed by atoms with Crippen LogP contribution in [-0.4, -0.2) is 21.0 Å². The minimum absolute atomic E-state index is 0.504. The van der Waals surface area contributed by atoms with Crippen LogP contribution < -0.4 is 5.32 Å². The monoisotopic (exact) mass is 232 g/mol. The Morgan fingerprint density at radius 2 is 2.06 bits per heavy atom. The number of hydrogen-bond donors (Lipinski definition) is 2. The number of nitrogens with one attached hydrogen (secondary N) is 2.